The van der Waals surface area contributed by atoms with E-state index in [9.17, 15) is 9.59 Å². The molecule has 0 aliphatic carbocycles. The van der Waals surface area contributed by atoms with Crippen LogP contribution in [-0.2, 0) is 4.79 Å². The summed E-state index contributed by atoms with van der Waals surface area (Å²) in [5.74, 6) is 0.613. The van der Waals surface area contributed by atoms with Crippen LogP contribution in [0.25, 0.3) is 0 Å². The predicted octanol–water partition coefficient (Wildman–Crippen LogP) is 3.77. The SMILES string of the molecule is CCN(CC)C(=O)c1ccc(NC(=O)CN(C)CCOc2ccc(Cl)cc2)cc1. The molecular formula is C22H28ClN3O3. The fourth-order valence-corrected chi connectivity index (χ4v) is 2.89. The van der Waals surface area contributed by atoms with Gasteiger partial charge in [-0.15, -0.1) is 0 Å². The maximum absolute atomic E-state index is 12.3. The van der Waals surface area contributed by atoms with Crippen LogP contribution < -0.4 is 10.1 Å². The van der Waals surface area contributed by atoms with Crippen LogP contribution in [0.3, 0.4) is 0 Å². The van der Waals surface area contributed by atoms with Gasteiger partial charge in [-0.25, -0.2) is 0 Å². The number of likely N-dealkylation sites (N-methyl/N-ethyl adjacent to an activating group) is 1. The highest BCUT2D eigenvalue weighted by atomic mass is 35.5. The largest absolute Gasteiger partial charge is 0.492 e. The molecule has 0 radical (unpaired) electrons. The Bertz CT molecular complexity index is 790. The number of anilines is 1. The molecule has 29 heavy (non-hydrogen) atoms. The van der Waals surface area contributed by atoms with Crippen molar-refractivity contribution in [2.24, 2.45) is 0 Å². The lowest BCUT2D eigenvalue weighted by Crippen LogP contribution is -2.33. The third kappa shape index (κ3) is 7.40. The van der Waals surface area contributed by atoms with E-state index in [1.807, 2.05) is 37.9 Å². The predicted molar refractivity (Wildman–Crippen MR) is 117 cm³/mol. The first kappa shape index (κ1) is 22.7. The van der Waals surface area contributed by atoms with Gasteiger partial charge in [0.15, 0.2) is 0 Å². The summed E-state index contributed by atoms with van der Waals surface area (Å²) in [6.45, 7) is 6.55. The molecule has 0 aromatic heterocycles. The summed E-state index contributed by atoms with van der Waals surface area (Å²) in [5, 5.41) is 3.51. The van der Waals surface area contributed by atoms with Gasteiger partial charge in [0.2, 0.25) is 5.91 Å². The number of carbonyl (C=O) groups excluding carboxylic acids is 2. The highest BCUT2D eigenvalue weighted by Crippen LogP contribution is 2.15. The van der Waals surface area contributed by atoms with Gasteiger partial charge in [-0.3, -0.25) is 14.5 Å². The maximum atomic E-state index is 12.3. The molecule has 0 saturated carbocycles. The Kier molecular flexibility index (Phi) is 8.96. The van der Waals surface area contributed by atoms with E-state index < -0.39 is 0 Å². The normalized spacial score (nSPS) is 10.7. The van der Waals surface area contributed by atoms with E-state index in [0.29, 0.717) is 42.5 Å². The summed E-state index contributed by atoms with van der Waals surface area (Å²) in [5.41, 5.74) is 1.28. The zero-order valence-corrected chi connectivity index (χ0v) is 17.9. The minimum atomic E-state index is -0.123. The smallest absolute Gasteiger partial charge is 0.253 e. The number of rotatable bonds is 10. The Hall–Kier alpha value is -2.57. The summed E-state index contributed by atoms with van der Waals surface area (Å²) in [6, 6.07) is 14.1. The van der Waals surface area contributed by atoms with Gasteiger partial charge in [0.05, 0.1) is 6.54 Å². The maximum Gasteiger partial charge on any atom is 0.253 e. The number of benzene rings is 2. The van der Waals surface area contributed by atoms with Crippen LogP contribution >= 0.6 is 11.6 Å². The molecule has 0 heterocycles. The number of hydrogen-bond donors (Lipinski definition) is 1. The number of nitrogens with one attached hydrogen (secondary N) is 1. The van der Waals surface area contributed by atoms with Crippen molar-refractivity contribution in [2.45, 2.75) is 13.8 Å². The van der Waals surface area contributed by atoms with Crippen LogP contribution in [0.5, 0.6) is 5.75 Å². The van der Waals surface area contributed by atoms with Crippen molar-refractivity contribution in [1.82, 2.24) is 9.80 Å². The average molecular weight is 418 g/mol. The van der Waals surface area contributed by atoms with Crippen LogP contribution in [0, 0.1) is 0 Å². The van der Waals surface area contributed by atoms with E-state index in [0.717, 1.165) is 5.75 Å². The summed E-state index contributed by atoms with van der Waals surface area (Å²) < 4.78 is 5.64. The first-order valence-corrected chi connectivity index (χ1v) is 10.1. The molecule has 0 bridgehead atoms. The van der Waals surface area contributed by atoms with Gasteiger partial charge in [-0.1, -0.05) is 11.6 Å². The Labute approximate surface area is 177 Å². The zero-order valence-electron chi connectivity index (χ0n) is 17.2. The number of amides is 2. The standard InChI is InChI=1S/C22H28ClN3O3/c1-4-26(5-2)22(28)17-6-10-19(11-7-17)24-21(27)16-25(3)14-15-29-20-12-8-18(23)9-13-20/h6-13H,4-5,14-16H2,1-3H3,(H,24,27). The highest BCUT2D eigenvalue weighted by molar-refractivity contribution is 6.30. The molecule has 2 rings (SSSR count). The fraction of sp³-hybridized carbons (Fsp3) is 0.364. The van der Waals surface area contributed by atoms with Gasteiger partial charge < -0.3 is 15.0 Å². The number of carbonyl (C=O) groups is 2. The Balaban J connectivity index is 1.76. The van der Waals surface area contributed by atoms with E-state index in [1.54, 1.807) is 41.3 Å². The number of nitrogens with zero attached hydrogens (tertiary/aromatic N) is 2. The van der Waals surface area contributed by atoms with Crippen molar-refractivity contribution in [3.8, 4) is 5.75 Å². The second-order valence-electron chi connectivity index (χ2n) is 6.64. The van der Waals surface area contributed by atoms with Crippen molar-refractivity contribution in [3.05, 3.63) is 59.1 Å². The minimum Gasteiger partial charge on any atom is -0.492 e. The molecule has 0 fully saturated rings. The van der Waals surface area contributed by atoms with Crippen molar-refractivity contribution in [3.63, 3.8) is 0 Å². The molecule has 1 N–H and O–H groups in total. The van der Waals surface area contributed by atoms with Crippen LogP contribution in [0.4, 0.5) is 5.69 Å². The molecule has 0 aliphatic rings. The molecule has 2 aromatic rings. The molecule has 0 atom stereocenters. The Morgan fingerprint density at radius 3 is 2.21 bits per heavy atom. The van der Waals surface area contributed by atoms with Crippen LogP contribution in [0.15, 0.2) is 48.5 Å². The van der Waals surface area contributed by atoms with E-state index in [-0.39, 0.29) is 18.4 Å². The third-order valence-electron chi connectivity index (χ3n) is 4.44. The fourth-order valence-electron chi connectivity index (χ4n) is 2.76. The summed E-state index contributed by atoms with van der Waals surface area (Å²) in [6.07, 6.45) is 0. The second-order valence-corrected chi connectivity index (χ2v) is 7.08. The molecule has 0 spiro atoms. The van der Waals surface area contributed by atoms with Gasteiger partial charge in [-0.05, 0) is 69.4 Å². The highest BCUT2D eigenvalue weighted by Gasteiger charge is 2.13. The molecule has 2 aromatic carbocycles. The lowest BCUT2D eigenvalue weighted by Gasteiger charge is -2.19. The topological polar surface area (TPSA) is 61.9 Å². The number of hydrogen-bond acceptors (Lipinski definition) is 4. The first-order chi connectivity index (χ1) is 13.9. The quantitative estimate of drug-likeness (QED) is 0.639. The summed E-state index contributed by atoms with van der Waals surface area (Å²) in [7, 11) is 1.86. The molecular weight excluding hydrogens is 390 g/mol. The minimum absolute atomic E-state index is 0.00621. The third-order valence-corrected chi connectivity index (χ3v) is 4.69. The Morgan fingerprint density at radius 1 is 1.00 bits per heavy atom. The molecule has 0 aliphatic heterocycles. The molecule has 0 saturated heterocycles. The zero-order chi connectivity index (χ0) is 21.2. The van der Waals surface area contributed by atoms with Crippen molar-refractivity contribution >= 4 is 29.1 Å². The van der Waals surface area contributed by atoms with Crippen molar-refractivity contribution in [1.29, 1.82) is 0 Å². The molecule has 0 unspecified atom stereocenters. The molecule has 7 heteroatoms. The van der Waals surface area contributed by atoms with Gasteiger partial charge in [0, 0.05) is 35.9 Å². The Morgan fingerprint density at radius 2 is 1.62 bits per heavy atom. The summed E-state index contributed by atoms with van der Waals surface area (Å²) in [4.78, 5) is 28.2. The van der Waals surface area contributed by atoms with Gasteiger partial charge in [0.1, 0.15) is 12.4 Å². The van der Waals surface area contributed by atoms with Crippen LogP contribution in [0.2, 0.25) is 5.02 Å². The van der Waals surface area contributed by atoms with Gasteiger partial charge >= 0.3 is 0 Å². The molecule has 6 nitrogen and oxygen atoms in total. The lowest BCUT2D eigenvalue weighted by molar-refractivity contribution is -0.117. The summed E-state index contributed by atoms with van der Waals surface area (Å²) >= 11 is 5.84. The van der Waals surface area contributed by atoms with E-state index in [4.69, 9.17) is 16.3 Å². The second kappa shape index (κ2) is 11.4. The number of ether oxygens (including phenoxy) is 1. The van der Waals surface area contributed by atoms with Crippen LogP contribution in [0.1, 0.15) is 24.2 Å². The van der Waals surface area contributed by atoms with Gasteiger partial charge in [-0.2, -0.15) is 0 Å². The lowest BCUT2D eigenvalue weighted by atomic mass is 10.1. The van der Waals surface area contributed by atoms with Crippen LogP contribution in [-0.4, -0.2) is 61.4 Å². The van der Waals surface area contributed by atoms with Gasteiger partial charge in [0.25, 0.3) is 5.91 Å². The van der Waals surface area contributed by atoms with Crippen molar-refractivity contribution in [2.75, 3.05) is 45.2 Å². The van der Waals surface area contributed by atoms with E-state index in [1.165, 1.54) is 0 Å². The van der Waals surface area contributed by atoms with E-state index in [2.05, 4.69) is 5.32 Å². The van der Waals surface area contributed by atoms with E-state index >= 15 is 0 Å². The number of halogens is 1. The molecule has 156 valence electrons. The monoisotopic (exact) mass is 417 g/mol. The molecule has 2 amide bonds. The first-order valence-electron chi connectivity index (χ1n) is 9.69. The van der Waals surface area contributed by atoms with Crippen molar-refractivity contribution < 1.29 is 14.3 Å². The average Bonchev–Trinajstić information content (AvgIpc) is 2.70.